The van der Waals surface area contributed by atoms with E-state index in [0.717, 1.165) is 45.9 Å². The molecule has 0 radical (unpaired) electrons. The SMILES string of the molecule is CC1C=CC=C(c2cc(-c3ccccc3)nc(-c3ccccc3-c3ccc(-c4ccc5c6ccccc6c6ccccc6c5c4)cc3)n2)C1. The van der Waals surface area contributed by atoms with Crippen LogP contribution in [0.2, 0.25) is 0 Å². The van der Waals surface area contributed by atoms with Gasteiger partial charge in [0.1, 0.15) is 0 Å². The number of allylic oxidation sites excluding steroid dienone is 4. The van der Waals surface area contributed by atoms with Gasteiger partial charge in [-0.3, -0.25) is 0 Å². The molecule has 0 saturated carbocycles. The Kier molecular flexibility index (Phi) is 7.21. The molecule has 0 saturated heterocycles. The summed E-state index contributed by atoms with van der Waals surface area (Å²) in [4.78, 5) is 10.4. The number of hydrogen-bond donors (Lipinski definition) is 0. The fourth-order valence-corrected chi connectivity index (χ4v) is 7.38. The van der Waals surface area contributed by atoms with Gasteiger partial charge in [0.15, 0.2) is 5.82 Å². The predicted octanol–water partition coefficient (Wildman–Crippen LogP) is 12.6. The minimum Gasteiger partial charge on any atom is -0.228 e. The summed E-state index contributed by atoms with van der Waals surface area (Å²) < 4.78 is 0. The van der Waals surface area contributed by atoms with Crippen LogP contribution in [-0.4, -0.2) is 9.97 Å². The Morgan fingerprint density at radius 1 is 0.449 bits per heavy atom. The van der Waals surface area contributed by atoms with Gasteiger partial charge in [-0.15, -0.1) is 0 Å². The lowest BCUT2D eigenvalue weighted by molar-refractivity contribution is 0.746. The topological polar surface area (TPSA) is 25.8 Å². The molecule has 232 valence electrons. The summed E-state index contributed by atoms with van der Waals surface area (Å²) in [6.45, 7) is 2.25. The summed E-state index contributed by atoms with van der Waals surface area (Å²) in [6, 6.07) is 54.4. The zero-order valence-corrected chi connectivity index (χ0v) is 27.3. The molecule has 0 fully saturated rings. The quantitative estimate of drug-likeness (QED) is 0.178. The average Bonchev–Trinajstić information content (AvgIpc) is 3.18. The molecule has 1 heterocycles. The Labute approximate surface area is 286 Å². The third-order valence-corrected chi connectivity index (χ3v) is 9.85. The highest BCUT2D eigenvalue weighted by Gasteiger charge is 2.17. The molecule has 2 nitrogen and oxygen atoms in total. The van der Waals surface area contributed by atoms with E-state index in [1.807, 2.05) is 6.07 Å². The second-order valence-corrected chi connectivity index (χ2v) is 13.1. The van der Waals surface area contributed by atoms with Gasteiger partial charge in [-0.2, -0.15) is 0 Å². The summed E-state index contributed by atoms with van der Waals surface area (Å²) in [6.07, 6.45) is 7.57. The van der Waals surface area contributed by atoms with E-state index in [9.17, 15) is 0 Å². The molecular weight excluding hydrogens is 593 g/mol. The van der Waals surface area contributed by atoms with E-state index in [0.29, 0.717) is 5.92 Å². The van der Waals surface area contributed by atoms with Gasteiger partial charge in [-0.05, 0) is 84.6 Å². The van der Waals surface area contributed by atoms with E-state index in [1.165, 1.54) is 49.0 Å². The first-order valence-corrected chi connectivity index (χ1v) is 17.1. The molecule has 8 aromatic rings. The maximum Gasteiger partial charge on any atom is 0.161 e. The lowest BCUT2D eigenvalue weighted by Crippen LogP contribution is -2.03. The van der Waals surface area contributed by atoms with Gasteiger partial charge in [0.2, 0.25) is 0 Å². The molecule has 1 unspecified atom stereocenters. The van der Waals surface area contributed by atoms with Gasteiger partial charge in [-0.25, -0.2) is 9.97 Å². The molecular formula is C47H34N2. The predicted molar refractivity (Wildman–Crippen MR) is 207 cm³/mol. The van der Waals surface area contributed by atoms with Gasteiger partial charge in [0.25, 0.3) is 0 Å². The molecule has 1 aromatic heterocycles. The first-order chi connectivity index (χ1) is 24.2. The van der Waals surface area contributed by atoms with Crippen molar-refractivity contribution in [2.75, 3.05) is 0 Å². The molecule has 0 aliphatic heterocycles. The molecule has 7 aromatic carbocycles. The molecule has 1 atom stereocenters. The van der Waals surface area contributed by atoms with Crippen LogP contribution in [0, 0.1) is 5.92 Å². The Hall–Kier alpha value is -6.12. The number of aromatic nitrogens is 2. The van der Waals surface area contributed by atoms with E-state index in [1.54, 1.807) is 0 Å². The van der Waals surface area contributed by atoms with Gasteiger partial charge in [0, 0.05) is 11.1 Å². The summed E-state index contributed by atoms with van der Waals surface area (Å²) in [5, 5.41) is 7.74. The van der Waals surface area contributed by atoms with Crippen LogP contribution in [0.4, 0.5) is 0 Å². The van der Waals surface area contributed by atoms with Crippen molar-refractivity contribution in [3.63, 3.8) is 0 Å². The van der Waals surface area contributed by atoms with E-state index in [-0.39, 0.29) is 0 Å². The first kappa shape index (κ1) is 29.1. The van der Waals surface area contributed by atoms with Gasteiger partial charge >= 0.3 is 0 Å². The highest BCUT2D eigenvalue weighted by atomic mass is 14.9. The van der Waals surface area contributed by atoms with Crippen LogP contribution < -0.4 is 0 Å². The summed E-state index contributed by atoms with van der Waals surface area (Å²) in [5.74, 6) is 1.22. The Morgan fingerprint density at radius 2 is 1.00 bits per heavy atom. The number of fused-ring (bicyclic) bond motifs is 6. The van der Waals surface area contributed by atoms with Crippen molar-refractivity contribution in [2.24, 2.45) is 5.92 Å². The molecule has 0 N–H and O–H groups in total. The maximum absolute atomic E-state index is 5.20. The van der Waals surface area contributed by atoms with Crippen LogP contribution in [0.5, 0.6) is 0 Å². The van der Waals surface area contributed by atoms with Crippen LogP contribution in [0.3, 0.4) is 0 Å². The fraction of sp³-hybridized carbons (Fsp3) is 0.0638. The Morgan fingerprint density at radius 3 is 1.69 bits per heavy atom. The van der Waals surface area contributed by atoms with Crippen LogP contribution in [0.15, 0.2) is 170 Å². The van der Waals surface area contributed by atoms with Crippen molar-refractivity contribution in [3.8, 4) is 44.9 Å². The molecule has 9 rings (SSSR count). The summed E-state index contributed by atoms with van der Waals surface area (Å²) in [7, 11) is 0. The zero-order valence-electron chi connectivity index (χ0n) is 27.3. The van der Waals surface area contributed by atoms with Crippen molar-refractivity contribution in [2.45, 2.75) is 13.3 Å². The van der Waals surface area contributed by atoms with Crippen LogP contribution in [-0.2, 0) is 0 Å². The number of rotatable bonds is 5. The van der Waals surface area contributed by atoms with Gasteiger partial charge in [0.05, 0.1) is 11.4 Å². The van der Waals surface area contributed by atoms with Crippen LogP contribution in [0.25, 0.3) is 82.8 Å². The number of hydrogen-bond acceptors (Lipinski definition) is 2. The average molecular weight is 627 g/mol. The van der Waals surface area contributed by atoms with Gasteiger partial charge < -0.3 is 0 Å². The zero-order chi connectivity index (χ0) is 32.7. The van der Waals surface area contributed by atoms with Gasteiger partial charge in [-0.1, -0.05) is 165 Å². The fourth-order valence-electron chi connectivity index (χ4n) is 7.38. The maximum atomic E-state index is 5.20. The molecule has 49 heavy (non-hydrogen) atoms. The van der Waals surface area contributed by atoms with E-state index >= 15 is 0 Å². The Balaban J connectivity index is 1.13. The number of benzene rings is 7. The van der Waals surface area contributed by atoms with E-state index < -0.39 is 0 Å². The van der Waals surface area contributed by atoms with Crippen molar-refractivity contribution >= 4 is 37.9 Å². The van der Waals surface area contributed by atoms with Crippen LogP contribution in [0.1, 0.15) is 19.0 Å². The molecule has 0 amide bonds. The largest absolute Gasteiger partial charge is 0.228 e. The third kappa shape index (κ3) is 5.32. The lowest BCUT2D eigenvalue weighted by atomic mass is 9.91. The standard InChI is InChI=1S/C47H34N2/c1-31-12-11-15-36(28-31)46-30-45(34-13-3-2-4-14-34)48-47(49-46)43-21-10-5-16-37(43)33-24-22-32(23-25-33)35-26-27-42-40-19-7-6-17-38(40)39-18-8-9-20-41(39)44(42)29-35/h2-27,29-31H,28H2,1H3. The normalized spacial score (nSPS) is 14.4. The van der Waals surface area contributed by atoms with Crippen molar-refractivity contribution < 1.29 is 0 Å². The first-order valence-electron chi connectivity index (χ1n) is 17.1. The van der Waals surface area contributed by atoms with Crippen molar-refractivity contribution in [1.82, 2.24) is 9.97 Å². The summed E-state index contributed by atoms with van der Waals surface area (Å²) >= 11 is 0. The molecule has 0 spiro atoms. The second kappa shape index (κ2) is 12.2. The summed E-state index contributed by atoms with van der Waals surface area (Å²) in [5.41, 5.74) is 9.94. The van der Waals surface area contributed by atoms with Crippen molar-refractivity contribution in [1.29, 1.82) is 0 Å². The van der Waals surface area contributed by atoms with E-state index in [4.69, 9.17) is 9.97 Å². The monoisotopic (exact) mass is 626 g/mol. The van der Waals surface area contributed by atoms with E-state index in [2.05, 4.69) is 171 Å². The highest BCUT2D eigenvalue weighted by molar-refractivity contribution is 6.25. The van der Waals surface area contributed by atoms with Crippen LogP contribution >= 0.6 is 0 Å². The minimum atomic E-state index is 0.477. The van der Waals surface area contributed by atoms with Crippen molar-refractivity contribution in [3.05, 3.63) is 176 Å². The second-order valence-electron chi connectivity index (χ2n) is 13.1. The molecule has 1 aliphatic rings. The molecule has 2 heteroatoms. The number of nitrogens with zero attached hydrogens (tertiary/aromatic N) is 2. The highest BCUT2D eigenvalue weighted by Crippen LogP contribution is 2.39. The third-order valence-electron chi connectivity index (χ3n) is 9.85. The lowest BCUT2D eigenvalue weighted by Gasteiger charge is -2.17. The Bertz CT molecular complexity index is 2540. The smallest absolute Gasteiger partial charge is 0.161 e. The molecule has 0 bridgehead atoms. The molecule has 1 aliphatic carbocycles. The minimum absolute atomic E-state index is 0.477.